The van der Waals surface area contributed by atoms with Gasteiger partial charge in [0.1, 0.15) is 5.82 Å². The first kappa shape index (κ1) is 13.3. The van der Waals surface area contributed by atoms with Crippen LogP contribution in [-0.2, 0) is 0 Å². The Morgan fingerprint density at radius 3 is 2.28 bits per heavy atom. The zero-order valence-corrected chi connectivity index (χ0v) is 10.8. The highest BCUT2D eigenvalue weighted by Crippen LogP contribution is 2.30. The first-order valence-corrected chi connectivity index (χ1v) is 6.89. The lowest BCUT2D eigenvalue weighted by atomic mass is 9.84. The van der Waals surface area contributed by atoms with Gasteiger partial charge < -0.3 is 10.4 Å². The van der Waals surface area contributed by atoms with Gasteiger partial charge in [0.2, 0.25) is 0 Å². The van der Waals surface area contributed by atoms with Gasteiger partial charge >= 0.3 is 0 Å². The lowest BCUT2D eigenvalue weighted by molar-refractivity contribution is 0.182. The van der Waals surface area contributed by atoms with Gasteiger partial charge in [-0.25, -0.2) is 4.39 Å². The van der Waals surface area contributed by atoms with Crippen LogP contribution in [0.25, 0.3) is 0 Å². The Labute approximate surface area is 108 Å². The molecule has 2 nitrogen and oxygen atoms in total. The fraction of sp³-hybridized carbons (Fsp3) is 0.600. The summed E-state index contributed by atoms with van der Waals surface area (Å²) in [6.07, 6.45) is 7.72. The summed E-state index contributed by atoms with van der Waals surface area (Å²) in [6.45, 7) is 0.0708. The van der Waals surface area contributed by atoms with Crippen molar-refractivity contribution in [2.45, 2.75) is 50.5 Å². The largest absolute Gasteiger partial charge is 0.394 e. The van der Waals surface area contributed by atoms with Crippen molar-refractivity contribution in [1.82, 2.24) is 0 Å². The number of aliphatic hydroxyl groups is 1. The number of hydrogen-bond acceptors (Lipinski definition) is 2. The van der Waals surface area contributed by atoms with Crippen LogP contribution in [0.15, 0.2) is 24.3 Å². The molecule has 0 heterocycles. The van der Waals surface area contributed by atoms with Crippen molar-refractivity contribution in [3.63, 3.8) is 0 Å². The molecular formula is C15H22FNO. The summed E-state index contributed by atoms with van der Waals surface area (Å²) in [4.78, 5) is 0. The minimum atomic E-state index is -0.345. The Balaban J connectivity index is 2.13. The molecule has 18 heavy (non-hydrogen) atoms. The number of hydrogen-bond donors (Lipinski definition) is 2. The Morgan fingerprint density at radius 1 is 1.06 bits per heavy atom. The summed E-state index contributed by atoms with van der Waals surface area (Å²) in [6, 6.07) is 6.70. The molecule has 0 saturated heterocycles. The second-order valence-corrected chi connectivity index (χ2v) is 5.31. The number of benzene rings is 1. The second kappa shape index (κ2) is 6.19. The van der Waals surface area contributed by atoms with E-state index < -0.39 is 0 Å². The molecule has 1 aromatic rings. The van der Waals surface area contributed by atoms with Crippen LogP contribution < -0.4 is 5.32 Å². The van der Waals surface area contributed by atoms with Crippen LogP contribution in [0.4, 0.5) is 10.1 Å². The van der Waals surface area contributed by atoms with Crippen molar-refractivity contribution in [3.8, 4) is 0 Å². The highest BCUT2D eigenvalue weighted by molar-refractivity contribution is 5.46. The number of anilines is 1. The van der Waals surface area contributed by atoms with E-state index in [4.69, 9.17) is 0 Å². The van der Waals surface area contributed by atoms with E-state index in [1.54, 1.807) is 12.1 Å². The molecule has 0 atom stereocenters. The van der Waals surface area contributed by atoms with Crippen LogP contribution in [0.5, 0.6) is 0 Å². The average molecular weight is 251 g/mol. The van der Waals surface area contributed by atoms with Gasteiger partial charge in [0.05, 0.1) is 17.8 Å². The number of para-hydroxylation sites is 1. The Bertz CT molecular complexity index is 373. The van der Waals surface area contributed by atoms with Crippen molar-refractivity contribution in [2.24, 2.45) is 0 Å². The maximum atomic E-state index is 13.7. The standard InChI is InChI=1S/C15H22FNO/c16-13-8-4-5-9-14(13)17-15(12-18)10-6-2-1-3-7-11-15/h4-5,8-9,17-18H,1-3,6-7,10-12H2. The van der Waals surface area contributed by atoms with Gasteiger partial charge in [0, 0.05) is 0 Å². The molecule has 1 fully saturated rings. The van der Waals surface area contributed by atoms with E-state index in [1.807, 2.05) is 6.07 Å². The molecule has 1 aromatic carbocycles. The molecule has 1 aliphatic carbocycles. The van der Waals surface area contributed by atoms with Crippen molar-refractivity contribution >= 4 is 5.69 Å². The van der Waals surface area contributed by atoms with Crippen molar-refractivity contribution < 1.29 is 9.50 Å². The first-order chi connectivity index (χ1) is 8.76. The van der Waals surface area contributed by atoms with Gasteiger partial charge in [-0.2, -0.15) is 0 Å². The van der Waals surface area contributed by atoms with E-state index in [0.29, 0.717) is 5.69 Å². The van der Waals surface area contributed by atoms with Crippen LogP contribution in [-0.4, -0.2) is 17.3 Å². The fourth-order valence-corrected chi connectivity index (χ4v) is 2.75. The topological polar surface area (TPSA) is 32.3 Å². The summed E-state index contributed by atoms with van der Waals surface area (Å²) in [7, 11) is 0. The second-order valence-electron chi connectivity index (χ2n) is 5.31. The maximum Gasteiger partial charge on any atom is 0.146 e. The molecule has 2 rings (SSSR count). The molecule has 0 spiro atoms. The van der Waals surface area contributed by atoms with Gasteiger partial charge in [-0.1, -0.05) is 44.2 Å². The Hall–Kier alpha value is -1.09. The molecule has 0 amide bonds. The molecule has 0 aliphatic heterocycles. The Morgan fingerprint density at radius 2 is 1.67 bits per heavy atom. The van der Waals surface area contributed by atoms with E-state index in [0.717, 1.165) is 25.7 Å². The molecule has 1 aliphatic rings. The van der Waals surface area contributed by atoms with E-state index in [9.17, 15) is 9.50 Å². The molecule has 2 N–H and O–H groups in total. The van der Waals surface area contributed by atoms with Gasteiger partial charge in [-0.05, 0) is 25.0 Å². The number of nitrogens with one attached hydrogen (secondary N) is 1. The number of halogens is 1. The van der Waals surface area contributed by atoms with E-state index in [2.05, 4.69) is 5.32 Å². The normalized spacial score (nSPS) is 19.9. The highest BCUT2D eigenvalue weighted by Gasteiger charge is 2.29. The molecular weight excluding hydrogens is 229 g/mol. The smallest absolute Gasteiger partial charge is 0.146 e. The van der Waals surface area contributed by atoms with Gasteiger partial charge in [0.25, 0.3) is 0 Å². The third-order valence-corrected chi connectivity index (χ3v) is 3.89. The number of rotatable bonds is 3. The number of aliphatic hydroxyl groups excluding tert-OH is 1. The fourth-order valence-electron chi connectivity index (χ4n) is 2.75. The monoisotopic (exact) mass is 251 g/mol. The zero-order chi connectivity index (χ0) is 12.8. The van der Waals surface area contributed by atoms with Crippen LogP contribution in [0.2, 0.25) is 0 Å². The van der Waals surface area contributed by atoms with Crippen LogP contribution >= 0.6 is 0 Å². The third kappa shape index (κ3) is 3.22. The summed E-state index contributed by atoms with van der Waals surface area (Å²) >= 11 is 0. The van der Waals surface area contributed by atoms with Gasteiger partial charge in [0.15, 0.2) is 0 Å². The summed E-state index contributed by atoms with van der Waals surface area (Å²) in [5.74, 6) is -0.243. The molecule has 3 heteroatoms. The lowest BCUT2D eigenvalue weighted by Crippen LogP contribution is -2.42. The third-order valence-electron chi connectivity index (χ3n) is 3.89. The van der Waals surface area contributed by atoms with Gasteiger partial charge in [-0.3, -0.25) is 0 Å². The molecule has 0 aromatic heterocycles. The predicted octanol–water partition coefficient (Wildman–Crippen LogP) is 3.71. The summed E-state index contributed by atoms with van der Waals surface area (Å²) < 4.78 is 13.7. The SMILES string of the molecule is OCC1(Nc2ccccc2F)CCCCCCC1. The molecule has 100 valence electrons. The van der Waals surface area contributed by atoms with Crippen LogP contribution in [0, 0.1) is 5.82 Å². The maximum absolute atomic E-state index is 13.7. The quantitative estimate of drug-likeness (QED) is 0.858. The van der Waals surface area contributed by atoms with Crippen LogP contribution in [0.3, 0.4) is 0 Å². The first-order valence-electron chi connectivity index (χ1n) is 6.89. The molecule has 1 saturated carbocycles. The van der Waals surface area contributed by atoms with Crippen LogP contribution in [0.1, 0.15) is 44.9 Å². The van der Waals surface area contributed by atoms with E-state index in [1.165, 1.54) is 25.3 Å². The van der Waals surface area contributed by atoms with Crippen molar-refractivity contribution in [2.75, 3.05) is 11.9 Å². The molecule has 0 unspecified atom stereocenters. The summed E-state index contributed by atoms with van der Waals surface area (Å²) in [5, 5.41) is 13.0. The van der Waals surface area contributed by atoms with Crippen molar-refractivity contribution in [3.05, 3.63) is 30.1 Å². The molecule has 0 radical (unpaired) electrons. The minimum Gasteiger partial charge on any atom is -0.394 e. The van der Waals surface area contributed by atoms with Crippen molar-refractivity contribution in [1.29, 1.82) is 0 Å². The lowest BCUT2D eigenvalue weighted by Gasteiger charge is -2.35. The van der Waals surface area contributed by atoms with Gasteiger partial charge in [-0.15, -0.1) is 0 Å². The van der Waals surface area contributed by atoms with E-state index in [-0.39, 0.29) is 18.0 Å². The summed E-state index contributed by atoms with van der Waals surface area (Å²) in [5.41, 5.74) is 0.162. The molecule has 0 bridgehead atoms. The minimum absolute atomic E-state index is 0.0708. The van der Waals surface area contributed by atoms with E-state index >= 15 is 0 Å². The Kier molecular flexibility index (Phi) is 4.59. The zero-order valence-electron chi connectivity index (χ0n) is 10.8. The highest BCUT2D eigenvalue weighted by atomic mass is 19.1. The predicted molar refractivity (Wildman–Crippen MR) is 72.2 cm³/mol. The average Bonchev–Trinajstić information content (AvgIpc) is 2.35.